The van der Waals surface area contributed by atoms with Gasteiger partial charge in [0.15, 0.2) is 11.5 Å². The highest BCUT2D eigenvalue weighted by Crippen LogP contribution is 2.36. The summed E-state index contributed by atoms with van der Waals surface area (Å²) < 4.78 is 13.2. The van der Waals surface area contributed by atoms with E-state index in [1.54, 1.807) is 0 Å². The van der Waals surface area contributed by atoms with Crippen LogP contribution in [0.25, 0.3) is 11.3 Å². The molecule has 31 heavy (non-hydrogen) atoms. The summed E-state index contributed by atoms with van der Waals surface area (Å²) in [5.41, 5.74) is 4.61. The predicted octanol–water partition coefficient (Wildman–Crippen LogP) is 3.85. The van der Waals surface area contributed by atoms with Crippen molar-refractivity contribution in [3.63, 3.8) is 0 Å². The summed E-state index contributed by atoms with van der Waals surface area (Å²) in [6, 6.07) is 17.2. The molecule has 162 valence electrons. The molecule has 0 aliphatic carbocycles. The minimum atomic E-state index is 0.286. The molecule has 5 rings (SSSR count). The fourth-order valence-electron chi connectivity index (χ4n) is 4.40. The number of fused-ring (bicyclic) bond motifs is 1. The SMILES string of the molecule is CC(C)N1CCN(Cc2cn(Cc3ccccc3)nc2-c2ccc3c(c2)OCO3)CC1. The van der Waals surface area contributed by atoms with Crippen molar-refractivity contribution in [2.75, 3.05) is 33.0 Å². The molecular formula is C25H30N4O2. The Kier molecular flexibility index (Phi) is 5.66. The number of hydrogen-bond donors (Lipinski definition) is 0. The van der Waals surface area contributed by atoms with Gasteiger partial charge in [-0.2, -0.15) is 5.10 Å². The molecule has 3 heterocycles. The van der Waals surface area contributed by atoms with Crippen molar-refractivity contribution < 1.29 is 9.47 Å². The molecule has 1 fully saturated rings. The number of hydrogen-bond acceptors (Lipinski definition) is 5. The number of rotatable bonds is 6. The molecule has 0 N–H and O–H groups in total. The number of piperazine rings is 1. The summed E-state index contributed by atoms with van der Waals surface area (Å²) in [6.45, 7) is 10.9. The smallest absolute Gasteiger partial charge is 0.231 e. The van der Waals surface area contributed by atoms with E-state index in [-0.39, 0.29) is 6.79 Å². The first-order chi connectivity index (χ1) is 15.2. The largest absolute Gasteiger partial charge is 0.454 e. The van der Waals surface area contributed by atoms with Crippen molar-refractivity contribution in [2.45, 2.75) is 33.0 Å². The molecule has 0 saturated carbocycles. The Bertz CT molecular complexity index is 1020. The van der Waals surface area contributed by atoms with Gasteiger partial charge in [0.05, 0.1) is 12.2 Å². The van der Waals surface area contributed by atoms with Crippen LogP contribution in [0, 0.1) is 0 Å². The fraction of sp³-hybridized carbons (Fsp3) is 0.400. The zero-order valence-corrected chi connectivity index (χ0v) is 18.3. The average Bonchev–Trinajstić information content (AvgIpc) is 3.41. The molecule has 6 heteroatoms. The minimum absolute atomic E-state index is 0.286. The first kappa shape index (κ1) is 20.1. The Balaban J connectivity index is 1.41. The number of ether oxygens (including phenoxy) is 2. The number of nitrogens with zero attached hydrogens (tertiary/aromatic N) is 4. The van der Waals surface area contributed by atoms with E-state index in [1.807, 2.05) is 12.1 Å². The third kappa shape index (κ3) is 4.45. The fourth-order valence-corrected chi connectivity index (χ4v) is 4.40. The van der Waals surface area contributed by atoms with Gasteiger partial charge < -0.3 is 9.47 Å². The van der Waals surface area contributed by atoms with Crippen LogP contribution in [-0.2, 0) is 13.1 Å². The third-order valence-electron chi connectivity index (χ3n) is 6.20. The molecule has 0 atom stereocenters. The van der Waals surface area contributed by atoms with Crippen molar-refractivity contribution in [3.05, 3.63) is 65.9 Å². The van der Waals surface area contributed by atoms with Crippen molar-refractivity contribution >= 4 is 0 Å². The van der Waals surface area contributed by atoms with Gasteiger partial charge in [0.1, 0.15) is 0 Å². The van der Waals surface area contributed by atoms with E-state index in [4.69, 9.17) is 14.6 Å². The minimum Gasteiger partial charge on any atom is -0.454 e. The molecule has 3 aromatic rings. The molecule has 2 aromatic carbocycles. The molecule has 0 amide bonds. The second-order valence-corrected chi connectivity index (χ2v) is 8.66. The maximum Gasteiger partial charge on any atom is 0.231 e. The molecule has 0 spiro atoms. The van der Waals surface area contributed by atoms with Gasteiger partial charge in [0.25, 0.3) is 0 Å². The lowest BCUT2D eigenvalue weighted by Crippen LogP contribution is -2.48. The molecule has 0 bridgehead atoms. The molecule has 0 radical (unpaired) electrons. The third-order valence-corrected chi connectivity index (χ3v) is 6.20. The molecule has 2 aliphatic rings. The van der Waals surface area contributed by atoms with Gasteiger partial charge in [-0.25, -0.2) is 0 Å². The predicted molar refractivity (Wildman–Crippen MR) is 121 cm³/mol. The van der Waals surface area contributed by atoms with E-state index in [1.165, 1.54) is 11.1 Å². The highest BCUT2D eigenvalue weighted by atomic mass is 16.7. The Labute approximate surface area is 184 Å². The summed E-state index contributed by atoms with van der Waals surface area (Å²) in [6.07, 6.45) is 2.21. The van der Waals surface area contributed by atoms with E-state index in [0.29, 0.717) is 6.04 Å². The molecule has 1 saturated heterocycles. The number of benzene rings is 2. The Morgan fingerprint density at radius 1 is 0.903 bits per heavy atom. The van der Waals surface area contributed by atoms with Gasteiger partial charge in [0, 0.05) is 56.1 Å². The Morgan fingerprint density at radius 3 is 2.45 bits per heavy atom. The zero-order valence-electron chi connectivity index (χ0n) is 18.3. The summed E-state index contributed by atoms with van der Waals surface area (Å²) >= 11 is 0. The van der Waals surface area contributed by atoms with Crippen molar-refractivity contribution in [1.29, 1.82) is 0 Å². The van der Waals surface area contributed by atoms with Crippen LogP contribution in [0.4, 0.5) is 0 Å². The molecular weight excluding hydrogens is 388 g/mol. The lowest BCUT2D eigenvalue weighted by atomic mass is 10.1. The normalized spacial score (nSPS) is 16.9. The van der Waals surface area contributed by atoms with Crippen LogP contribution in [0.5, 0.6) is 11.5 Å². The van der Waals surface area contributed by atoms with Gasteiger partial charge in [0.2, 0.25) is 6.79 Å². The van der Waals surface area contributed by atoms with Crippen molar-refractivity contribution in [2.24, 2.45) is 0 Å². The zero-order chi connectivity index (χ0) is 21.2. The first-order valence-electron chi connectivity index (χ1n) is 11.1. The van der Waals surface area contributed by atoms with E-state index < -0.39 is 0 Å². The van der Waals surface area contributed by atoms with E-state index >= 15 is 0 Å². The van der Waals surface area contributed by atoms with Gasteiger partial charge >= 0.3 is 0 Å². The first-order valence-corrected chi connectivity index (χ1v) is 11.1. The quantitative estimate of drug-likeness (QED) is 0.608. The van der Waals surface area contributed by atoms with Crippen molar-refractivity contribution in [3.8, 4) is 22.8 Å². The van der Waals surface area contributed by atoms with Crippen LogP contribution >= 0.6 is 0 Å². The summed E-state index contributed by atoms with van der Waals surface area (Å²) in [4.78, 5) is 5.09. The lowest BCUT2D eigenvalue weighted by Gasteiger charge is -2.36. The van der Waals surface area contributed by atoms with Crippen LogP contribution in [0.15, 0.2) is 54.7 Å². The van der Waals surface area contributed by atoms with Crippen LogP contribution < -0.4 is 9.47 Å². The second-order valence-electron chi connectivity index (χ2n) is 8.66. The molecule has 6 nitrogen and oxygen atoms in total. The van der Waals surface area contributed by atoms with Gasteiger partial charge in [-0.15, -0.1) is 0 Å². The maximum atomic E-state index is 5.61. The lowest BCUT2D eigenvalue weighted by molar-refractivity contribution is 0.104. The summed E-state index contributed by atoms with van der Waals surface area (Å²) in [7, 11) is 0. The molecule has 0 unspecified atom stereocenters. The molecule has 1 aromatic heterocycles. The van der Waals surface area contributed by atoms with Crippen LogP contribution in [0.2, 0.25) is 0 Å². The van der Waals surface area contributed by atoms with E-state index in [9.17, 15) is 0 Å². The topological polar surface area (TPSA) is 42.8 Å². The Hall–Kier alpha value is -2.83. The van der Waals surface area contributed by atoms with Crippen LogP contribution in [0.1, 0.15) is 25.0 Å². The maximum absolute atomic E-state index is 5.61. The van der Waals surface area contributed by atoms with Gasteiger partial charge in [-0.05, 0) is 37.6 Å². The van der Waals surface area contributed by atoms with Gasteiger partial charge in [-0.1, -0.05) is 30.3 Å². The summed E-state index contributed by atoms with van der Waals surface area (Å²) in [5, 5.41) is 4.99. The monoisotopic (exact) mass is 418 g/mol. The van der Waals surface area contributed by atoms with Crippen LogP contribution in [-0.4, -0.2) is 58.6 Å². The van der Waals surface area contributed by atoms with Gasteiger partial charge in [-0.3, -0.25) is 14.5 Å². The Morgan fingerprint density at radius 2 is 1.68 bits per heavy atom. The molecule has 2 aliphatic heterocycles. The summed E-state index contributed by atoms with van der Waals surface area (Å²) in [5.74, 6) is 1.60. The average molecular weight is 419 g/mol. The van der Waals surface area contributed by atoms with E-state index in [0.717, 1.165) is 62.0 Å². The number of aromatic nitrogens is 2. The standard InChI is InChI=1S/C25H30N4O2/c1-19(2)28-12-10-27(11-13-28)16-22-17-29(15-20-6-4-3-5-7-20)26-25(22)21-8-9-23-24(14-21)31-18-30-23/h3-9,14,17,19H,10-13,15-16,18H2,1-2H3. The second kappa shape index (κ2) is 8.73. The van der Waals surface area contributed by atoms with Crippen molar-refractivity contribution in [1.82, 2.24) is 19.6 Å². The van der Waals surface area contributed by atoms with E-state index in [2.05, 4.69) is 70.9 Å². The highest BCUT2D eigenvalue weighted by Gasteiger charge is 2.22. The highest BCUT2D eigenvalue weighted by molar-refractivity contribution is 5.67. The van der Waals surface area contributed by atoms with Crippen LogP contribution in [0.3, 0.4) is 0 Å².